The van der Waals surface area contributed by atoms with Gasteiger partial charge in [-0.3, -0.25) is 9.10 Å². The molecular weight excluding hydrogens is 468 g/mol. The van der Waals surface area contributed by atoms with Gasteiger partial charge < -0.3 is 10.1 Å². The van der Waals surface area contributed by atoms with Crippen LogP contribution in [0.5, 0.6) is 5.75 Å². The lowest BCUT2D eigenvalue weighted by atomic mass is 10.1. The van der Waals surface area contributed by atoms with Crippen LogP contribution >= 0.6 is 11.3 Å². The van der Waals surface area contributed by atoms with Crippen LogP contribution in [0.25, 0.3) is 10.1 Å². The van der Waals surface area contributed by atoms with Crippen LogP contribution in [0.2, 0.25) is 0 Å². The van der Waals surface area contributed by atoms with Gasteiger partial charge in [0.2, 0.25) is 0 Å². The topological polar surface area (TPSA) is 75.7 Å². The van der Waals surface area contributed by atoms with Crippen molar-refractivity contribution in [1.29, 1.82) is 0 Å². The first-order chi connectivity index (χ1) is 16.1. The van der Waals surface area contributed by atoms with Gasteiger partial charge in [0.15, 0.2) is 0 Å². The number of amides is 1. The fourth-order valence-corrected chi connectivity index (χ4v) is 6.21. The summed E-state index contributed by atoms with van der Waals surface area (Å²) < 4.78 is 34.1. The van der Waals surface area contributed by atoms with E-state index >= 15 is 0 Å². The molecule has 176 valence electrons. The number of anilines is 2. The monoisotopic (exact) mass is 494 g/mol. The maximum Gasteiger partial charge on any atom is 0.267 e. The molecule has 0 aliphatic carbocycles. The van der Waals surface area contributed by atoms with Gasteiger partial charge in [0.25, 0.3) is 15.9 Å². The summed E-state index contributed by atoms with van der Waals surface area (Å²) in [6, 6.07) is 18.1. The molecule has 8 heteroatoms. The predicted octanol–water partition coefficient (Wildman–Crippen LogP) is 5.91. The lowest BCUT2D eigenvalue weighted by Crippen LogP contribution is -2.27. The molecular formula is C26H26N2O4S2. The Morgan fingerprint density at radius 1 is 0.912 bits per heavy atom. The number of hydrogen-bond donors (Lipinski definition) is 1. The summed E-state index contributed by atoms with van der Waals surface area (Å²) in [7, 11) is -0.890. The average molecular weight is 495 g/mol. The van der Waals surface area contributed by atoms with E-state index < -0.39 is 10.0 Å². The molecule has 0 spiro atoms. The van der Waals surface area contributed by atoms with E-state index in [1.165, 1.54) is 29.8 Å². The predicted molar refractivity (Wildman–Crippen MR) is 139 cm³/mol. The Kier molecular flexibility index (Phi) is 6.38. The molecule has 0 aliphatic heterocycles. The third-order valence-corrected chi connectivity index (χ3v) is 8.45. The minimum atomic E-state index is -3.85. The van der Waals surface area contributed by atoms with E-state index in [1.54, 1.807) is 36.4 Å². The Morgan fingerprint density at radius 3 is 2.29 bits per heavy atom. The smallest absolute Gasteiger partial charge is 0.267 e. The maximum atomic E-state index is 13.4. The van der Waals surface area contributed by atoms with E-state index in [2.05, 4.69) is 5.32 Å². The second-order valence-corrected chi connectivity index (χ2v) is 11.3. The van der Waals surface area contributed by atoms with Crippen molar-refractivity contribution in [2.24, 2.45) is 0 Å². The highest BCUT2D eigenvalue weighted by Gasteiger charge is 2.26. The van der Waals surface area contributed by atoms with E-state index in [0.717, 1.165) is 32.5 Å². The molecule has 1 amide bonds. The number of methoxy groups -OCH3 is 1. The number of ether oxygens (including phenoxy) is 1. The fourth-order valence-electron chi connectivity index (χ4n) is 3.85. The minimum Gasteiger partial charge on any atom is -0.495 e. The van der Waals surface area contributed by atoms with Gasteiger partial charge in [0, 0.05) is 17.4 Å². The van der Waals surface area contributed by atoms with Crippen LogP contribution < -0.4 is 14.4 Å². The van der Waals surface area contributed by atoms with Crippen LogP contribution in [0.3, 0.4) is 0 Å². The van der Waals surface area contributed by atoms with Gasteiger partial charge in [-0.05, 0) is 91.4 Å². The molecule has 0 bridgehead atoms. The molecule has 0 saturated heterocycles. The number of fused-ring (bicyclic) bond motifs is 1. The molecule has 1 heterocycles. The number of rotatable bonds is 6. The third-order valence-electron chi connectivity index (χ3n) is 5.52. The van der Waals surface area contributed by atoms with Gasteiger partial charge in [0.05, 0.1) is 17.7 Å². The van der Waals surface area contributed by atoms with Gasteiger partial charge in [-0.25, -0.2) is 8.42 Å². The maximum absolute atomic E-state index is 13.4. The lowest BCUT2D eigenvalue weighted by Gasteiger charge is -2.21. The first kappa shape index (κ1) is 23.8. The molecule has 0 atom stereocenters. The van der Waals surface area contributed by atoms with Crippen molar-refractivity contribution in [3.05, 3.63) is 82.2 Å². The van der Waals surface area contributed by atoms with Crippen molar-refractivity contribution in [3.63, 3.8) is 0 Å². The Morgan fingerprint density at radius 2 is 1.62 bits per heavy atom. The van der Waals surface area contributed by atoms with Crippen LogP contribution in [0.4, 0.5) is 11.4 Å². The van der Waals surface area contributed by atoms with E-state index in [9.17, 15) is 13.2 Å². The number of nitrogens with one attached hydrogen (secondary N) is 1. The Labute approximate surface area is 203 Å². The Bertz CT molecular complexity index is 1490. The van der Waals surface area contributed by atoms with Crippen molar-refractivity contribution < 1.29 is 17.9 Å². The number of aryl methyl sites for hydroxylation is 3. The Hall–Kier alpha value is -3.36. The van der Waals surface area contributed by atoms with E-state index in [-0.39, 0.29) is 10.8 Å². The summed E-state index contributed by atoms with van der Waals surface area (Å²) in [6.45, 7) is 5.81. The number of carbonyl (C=O) groups is 1. The summed E-state index contributed by atoms with van der Waals surface area (Å²) in [5.41, 5.74) is 4.21. The zero-order chi connectivity index (χ0) is 24.6. The van der Waals surface area contributed by atoms with Gasteiger partial charge >= 0.3 is 0 Å². The number of thiophene rings is 1. The standard InChI is InChI=1S/C26H26N2O4S2/c1-16-6-8-22(32-5)25(13-16)34(30,31)28(4)21-7-9-23-19(14-21)15-24(33-23)26(29)27-20-11-17(2)10-18(3)12-20/h6-15H,1-5H3,(H,27,29). The summed E-state index contributed by atoms with van der Waals surface area (Å²) in [5.74, 6) is 0.0950. The second kappa shape index (κ2) is 9.12. The van der Waals surface area contributed by atoms with E-state index in [4.69, 9.17) is 4.74 Å². The highest BCUT2D eigenvalue weighted by atomic mass is 32.2. The van der Waals surface area contributed by atoms with E-state index in [1.807, 2.05) is 45.0 Å². The second-order valence-electron chi connectivity index (χ2n) is 8.29. The molecule has 6 nitrogen and oxygen atoms in total. The van der Waals surface area contributed by atoms with Crippen LogP contribution in [0, 0.1) is 20.8 Å². The van der Waals surface area contributed by atoms with E-state index in [0.29, 0.717) is 16.3 Å². The average Bonchev–Trinajstić information content (AvgIpc) is 3.21. The van der Waals surface area contributed by atoms with Crippen LogP contribution in [0.15, 0.2) is 65.6 Å². The van der Waals surface area contributed by atoms with Gasteiger partial charge in [-0.1, -0.05) is 12.1 Å². The molecule has 4 rings (SSSR count). The van der Waals surface area contributed by atoms with Gasteiger partial charge in [-0.15, -0.1) is 11.3 Å². The fraction of sp³-hybridized carbons (Fsp3) is 0.192. The highest BCUT2D eigenvalue weighted by molar-refractivity contribution is 7.93. The SMILES string of the molecule is COc1ccc(C)cc1S(=O)(=O)N(C)c1ccc2sc(C(=O)Nc3cc(C)cc(C)c3)cc2c1. The summed E-state index contributed by atoms with van der Waals surface area (Å²) in [4.78, 5) is 13.5. The molecule has 0 radical (unpaired) electrons. The minimum absolute atomic E-state index is 0.108. The Balaban J connectivity index is 1.64. The molecule has 0 saturated carbocycles. The van der Waals surface area contributed by atoms with Crippen molar-refractivity contribution in [2.45, 2.75) is 25.7 Å². The zero-order valence-corrected chi connectivity index (χ0v) is 21.3. The molecule has 1 aromatic heterocycles. The molecule has 4 aromatic rings. The van der Waals surface area contributed by atoms with Crippen molar-refractivity contribution >= 4 is 48.7 Å². The number of sulfonamides is 1. The number of nitrogens with zero attached hydrogens (tertiary/aromatic N) is 1. The number of hydrogen-bond acceptors (Lipinski definition) is 5. The molecule has 34 heavy (non-hydrogen) atoms. The summed E-state index contributed by atoms with van der Waals surface area (Å²) in [5, 5.41) is 3.75. The first-order valence-corrected chi connectivity index (χ1v) is 12.9. The number of carbonyl (C=O) groups excluding carboxylic acids is 1. The lowest BCUT2D eigenvalue weighted by molar-refractivity contribution is 0.103. The van der Waals surface area contributed by atoms with Crippen molar-refractivity contribution in [3.8, 4) is 5.75 Å². The molecule has 0 unspecified atom stereocenters. The molecule has 0 fully saturated rings. The number of benzene rings is 3. The van der Waals surface area contributed by atoms with Crippen molar-refractivity contribution in [1.82, 2.24) is 0 Å². The van der Waals surface area contributed by atoms with Gasteiger partial charge in [0.1, 0.15) is 10.6 Å². The largest absolute Gasteiger partial charge is 0.495 e. The van der Waals surface area contributed by atoms with Gasteiger partial charge in [-0.2, -0.15) is 0 Å². The molecule has 0 aliphatic rings. The highest BCUT2D eigenvalue weighted by Crippen LogP contribution is 2.34. The quantitative estimate of drug-likeness (QED) is 0.361. The normalized spacial score (nSPS) is 11.4. The molecule has 1 N–H and O–H groups in total. The van der Waals surface area contributed by atoms with Crippen molar-refractivity contribution in [2.75, 3.05) is 23.8 Å². The van der Waals surface area contributed by atoms with Crippen LogP contribution in [-0.4, -0.2) is 28.5 Å². The summed E-state index contributed by atoms with van der Waals surface area (Å²) >= 11 is 1.37. The zero-order valence-electron chi connectivity index (χ0n) is 19.7. The summed E-state index contributed by atoms with van der Waals surface area (Å²) in [6.07, 6.45) is 0. The third kappa shape index (κ3) is 4.64. The van der Waals surface area contributed by atoms with Crippen LogP contribution in [-0.2, 0) is 10.0 Å². The first-order valence-electron chi connectivity index (χ1n) is 10.7. The molecule has 3 aromatic carbocycles. The van der Waals surface area contributed by atoms with Crippen LogP contribution in [0.1, 0.15) is 26.4 Å².